The Kier molecular flexibility index (Phi) is 3.06. The van der Waals surface area contributed by atoms with Crippen LogP contribution in [0.15, 0.2) is 0 Å². The lowest BCUT2D eigenvalue weighted by molar-refractivity contribution is -0.120. The van der Waals surface area contributed by atoms with Gasteiger partial charge in [0.2, 0.25) is 0 Å². The first-order chi connectivity index (χ1) is 5.24. The van der Waals surface area contributed by atoms with Crippen LogP contribution in [0.25, 0.3) is 0 Å². The van der Waals surface area contributed by atoms with Gasteiger partial charge in [-0.05, 0) is 45.7 Å². The summed E-state index contributed by atoms with van der Waals surface area (Å²) in [5.41, 5.74) is 0. The lowest BCUT2D eigenvalue weighted by atomic mass is 10.0. The van der Waals surface area contributed by atoms with Gasteiger partial charge in [0.1, 0.15) is 5.78 Å². The minimum atomic E-state index is 0.369. The third-order valence-corrected chi connectivity index (χ3v) is 2.61. The summed E-state index contributed by atoms with van der Waals surface area (Å²) in [6, 6.07) is 0. The van der Waals surface area contributed by atoms with Crippen molar-refractivity contribution < 1.29 is 4.79 Å². The van der Waals surface area contributed by atoms with E-state index < -0.39 is 0 Å². The SMILES string of the molecule is CNCC1CCC(C(C)=O)C1. The van der Waals surface area contributed by atoms with Crippen LogP contribution in [-0.4, -0.2) is 19.4 Å². The second kappa shape index (κ2) is 3.86. The van der Waals surface area contributed by atoms with Gasteiger partial charge in [-0.25, -0.2) is 0 Å². The average molecular weight is 155 g/mol. The molecule has 2 atom stereocenters. The molecule has 0 radical (unpaired) electrons. The van der Waals surface area contributed by atoms with E-state index in [4.69, 9.17) is 0 Å². The number of hydrogen-bond donors (Lipinski definition) is 1. The van der Waals surface area contributed by atoms with Crippen molar-refractivity contribution in [2.75, 3.05) is 13.6 Å². The van der Waals surface area contributed by atoms with Crippen LogP contribution in [0.3, 0.4) is 0 Å². The van der Waals surface area contributed by atoms with Crippen molar-refractivity contribution >= 4 is 5.78 Å². The molecule has 1 aliphatic carbocycles. The fourth-order valence-electron chi connectivity index (χ4n) is 1.92. The maximum atomic E-state index is 11.0. The molecule has 1 saturated carbocycles. The standard InChI is InChI=1S/C9H17NO/c1-7(11)9-4-3-8(5-9)6-10-2/h8-10H,3-6H2,1-2H3. The number of hydrogen-bond acceptors (Lipinski definition) is 2. The van der Waals surface area contributed by atoms with E-state index in [-0.39, 0.29) is 0 Å². The number of nitrogens with one attached hydrogen (secondary N) is 1. The predicted octanol–water partition coefficient (Wildman–Crippen LogP) is 1.21. The first kappa shape index (κ1) is 8.72. The molecule has 0 bridgehead atoms. The predicted molar refractivity (Wildman–Crippen MR) is 45.4 cm³/mol. The summed E-state index contributed by atoms with van der Waals surface area (Å²) < 4.78 is 0. The number of rotatable bonds is 3. The Morgan fingerprint density at radius 3 is 2.73 bits per heavy atom. The Hall–Kier alpha value is -0.370. The molecule has 0 spiro atoms. The first-order valence-corrected chi connectivity index (χ1v) is 4.39. The van der Waals surface area contributed by atoms with Crippen LogP contribution in [-0.2, 0) is 4.79 Å². The van der Waals surface area contributed by atoms with Gasteiger partial charge in [-0.3, -0.25) is 4.79 Å². The zero-order chi connectivity index (χ0) is 8.27. The quantitative estimate of drug-likeness (QED) is 0.663. The molecular weight excluding hydrogens is 138 g/mol. The van der Waals surface area contributed by atoms with E-state index in [2.05, 4.69) is 5.32 Å². The van der Waals surface area contributed by atoms with Crippen molar-refractivity contribution in [1.82, 2.24) is 5.32 Å². The number of ketones is 1. The Balaban J connectivity index is 2.29. The molecule has 0 amide bonds. The fraction of sp³-hybridized carbons (Fsp3) is 0.889. The van der Waals surface area contributed by atoms with Crippen LogP contribution in [0.2, 0.25) is 0 Å². The number of Topliss-reactive ketones (excluding diaryl/α,β-unsaturated/α-hetero) is 1. The van der Waals surface area contributed by atoms with Gasteiger partial charge in [-0.15, -0.1) is 0 Å². The van der Waals surface area contributed by atoms with Crippen molar-refractivity contribution in [3.8, 4) is 0 Å². The monoisotopic (exact) mass is 155 g/mol. The first-order valence-electron chi connectivity index (χ1n) is 4.39. The largest absolute Gasteiger partial charge is 0.319 e. The molecule has 1 rings (SSSR count). The molecule has 64 valence electrons. The summed E-state index contributed by atoms with van der Waals surface area (Å²) in [5, 5.41) is 3.16. The van der Waals surface area contributed by atoms with E-state index in [1.807, 2.05) is 7.05 Å². The topological polar surface area (TPSA) is 29.1 Å². The Bertz CT molecular complexity index is 144. The third-order valence-electron chi connectivity index (χ3n) is 2.61. The Labute approximate surface area is 68.4 Å². The lowest BCUT2D eigenvalue weighted by Crippen LogP contribution is -2.17. The summed E-state index contributed by atoms with van der Waals surface area (Å²) in [5.74, 6) is 1.49. The smallest absolute Gasteiger partial charge is 0.132 e. The number of carbonyl (C=O) groups excluding carboxylic acids is 1. The van der Waals surface area contributed by atoms with Crippen LogP contribution in [0, 0.1) is 11.8 Å². The summed E-state index contributed by atoms with van der Waals surface area (Å²) in [6.07, 6.45) is 3.45. The van der Waals surface area contributed by atoms with E-state index >= 15 is 0 Å². The summed E-state index contributed by atoms with van der Waals surface area (Å²) in [4.78, 5) is 11.0. The van der Waals surface area contributed by atoms with Gasteiger partial charge < -0.3 is 5.32 Å². The third kappa shape index (κ3) is 2.29. The molecule has 1 aliphatic rings. The van der Waals surface area contributed by atoms with Gasteiger partial charge in [-0.1, -0.05) is 0 Å². The van der Waals surface area contributed by atoms with Gasteiger partial charge in [0.15, 0.2) is 0 Å². The Morgan fingerprint density at radius 2 is 2.27 bits per heavy atom. The van der Waals surface area contributed by atoms with Crippen LogP contribution in [0.1, 0.15) is 26.2 Å². The zero-order valence-electron chi connectivity index (χ0n) is 7.39. The molecule has 0 aromatic carbocycles. The van der Waals surface area contributed by atoms with E-state index in [9.17, 15) is 4.79 Å². The van der Waals surface area contributed by atoms with Crippen molar-refractivity contribution in [2.45, 2.75) is 26.2 Å². The minimum Gasteiger partial charge on any atom is -0.319 e. The van der Waals surface area contributed by atoms with Crippen molar-refractivity contribution in [3.63, 3.8) is 0 Å². The molecule has 2 unspecified atom stereocenters. The van der Waals surface area contributed by atoms with Crippen molar-refractivity contribution in [1.29, 1.82) is 0 Å². The molecule has 0 heterocycles. The molecule has 0 aliphatic heterocycles. The molecule has 2 heteroatoms. The van der Waals surface area contributed by atoms with E-state index in [0.29, 0.717) is 11.7 Å². The maximum absolute atomic E-state index is 11.0. The second-order valence-electron chi connectivity index (χ2n) is 3.54. The van der Waals surface area contributed by atoms with Crippen molar-refractivity contribution in [2.24, 2.45) is 11.8 Å². The van der Waals surface area contributed by atoms with Crippen LogP contribution >= 0.6 is 0 Å². The van der Waals surface area contributed by atoms with Crippen LogP contribution < -0.4 is 5.32 Å². The van der Waals surface area contributed by atoms with Crippen LogP contribution in [0.4, 0.5) is 0 Å². The highest BCUT2D eigenvalue weighted by Crippen LogP contribution is 2.30. The molecule has 1 N–H and O–H groups in total. The molecule has 1 fully saturated rings. The molecule has 0 aromatic heterocycles. The number of carbonyl (C=O) groups is 1. The second-order valence-corrected chi connectivity index (χ2v) is 3.54. The molecule has 0 aromatic rings. The maximum Gasteiger partial charge on any atom is 0.132 e. The van der Waals surface area contributed by atoms with Gasteiger partial charge in [0, 0.05) is 5.92 Å². The van der Waals surface area contributed by atoms with Crippen molar-refractivity contribution in [3.05, 3.63) is 0 Å². The highest BCUT2D eigenvalue weighted by Gasteiger charge is 2.26. The van der Waals surface area contributed by atoms with Gasteiger partial charge in [-0.2, -0.15) is 0 Å². The summed E-state index contributed by atoms with van der Waals surface area (Å²) in [7, 11) is 1.97. The van der Waals surface area contributed by atoms with E-state index in [1.165, 1.54) is 6.42 Å². The minimum absolute atomic E-state index is 0.369. The highest BCUT2D eigenvalue weighted by molar-refractivity contribution is 5.78. The highest BCUT2D eigenvalue weighted by atomic mass is 16.1. The molecule has 0 saturated heterocycles. The molecular formula is C9H17NO. The van der Waals surface area contributed by atoms with E-state index in [0.717, 1.165) is 25.3 Å². The Morgan fingerprint density at radius 1 is 1.55 bits per heavy atom. The summed E-state index contributed by atoms with van der Waals surface area (Å²) >= 11 is 0. The van der Waals surface area contributed by atoms with Gasteiger partial charge in [0.25, 0.3) is 0 Å². The lowest BCUT2D eigenvalue weighted by Gasteiger charge is -2.07. The van der Waals surface area contributed by atoms with Crippen LogP contribution in [0.5, 0.6) is 0 Å². The average Bonchev–Trinajstić information content (AvgIpc) is 2.37. The summed E-state index contributed by atoms with van der Waals surface area (Å²) in [6.45, 7) is 2.79. The fourth-order valence-corrected chi connectivity index (χ4v) is 1.92. The van der Waals surface area contributed by atoms with Gasteiger partial charge >= 0.3 is 0 Å². The molecule has 11 heavy (non-hydrogen) atoms. The zero-order valence-corrected chi connectivity index (χ0v) is 7.39. The molecule has 2 nitrogen and oxygen atoms in total. The van der Waals surface area contributed by atoms with E-state index in [1.54, 1.807) is 6.92 Å². The van der Waals surface area contributed by atoms with Gasteiger partial charge in [0.05, 0.1) is 0 Å². The normalized spacial score (nSPS) is 30.7.